The Balaban J connectivity index is 2.53. The molecule has 2 nitrogen and oxygen atoms in total. The van der Waals surface area contributed by atoms with E-state index < -0.39 is 0 Å². The number of carbonyl (C=O) groups is 1. The second-order valence-electron chi connectivity index (χ2n) is 4.41. The SMILES string of the molecule is CC(C)(C)[C@H]1CCNC(=O)C1. The molecule has 64 valence electrons. The lowest BCUT2D eigenvalue weighted by molar-refractivity contribution is -0.124. The zero-order valence-electron chi connectivity index (χ0n) is 7.61. The first-order valence-corrected chi connectivity index (χ1v) is 4.27. The van der Waals surface area contributed by atoms with E-state index in [2.05, 4.69) is 26.1 Å². The molecular weight excluding hydrogens is 138 g/mol. The first-order valence-electron chi connectivity index (χ1n) is 4.27. The van der Waals surface area contributed by atoms with Crippen molar-refractivity contribution in [3.63, 3.8) is 0 Å². The number of amides is 1. The maximum absolute atomic E-state index is 11.0. The fraction of sp³-hybridized carbons (Fsp3) is 0.889. The predicted molar refractivity (Wildman–Crippen MR) is 45.2 cm³/mol. The van der Waals surface area contributed by atoms with E-state index in [-0.39, 0.29) is 11.3 Å². The molecule has 1 amide bonds. The van der Waals surface area contributed by atoms with Crippen LogP contribution in [0.2, 0.25) is 0 Å². The lowest BCUT2D eigenvalue weighted by atomic mass is 9.75. The van der Waals surface area contributed by atoms with Crippen molar-refractivity contribution in [1.82, 2.24) is 5.32 Å². The normalized spacial score (nSPS) is 26.5. The van der Waals surface area contributed by atoms with Crippen LogP contribution in [0, 0.1) is 11.3 Å². The lowest BCUT2D eigenvalue weighted by Crippen LogP contribution is -2.38. The maximum Gasteiger partial charge on any atom is 0.220 e. The summed E-state index contributed by atoms with van der Waals surface area (Å²) in [5.41, 5.74) is 0.289. The summed E-state index contributed by atoms with van der Waals surface area (Å²) in [6.45, 7) is 7.48. The zero-order valence-corrected chi connectivity index (χ0v) is 7.61. The molecule has 1 atom stereocenters. The smallest absolute Gasteiger partial charge is 0.220 e. The first-order chi connectivity index (χ1) is 5.00. The minimum absolute atomic E-state index is 0.219. The van der Waals surface area contributed by atoms with Crippen molar-refractivity contribution >= 4 is 5.91 Å². The average Bonchev–Trinajstić information content (AvgIpc) is 1.86. The summed E-state index contributed by atoms with van der Waals surface area (Å²) in [7, 11) is 0. The minimum atomic E-state index is 0.219. The van der Waals surface area contributed by atoms with E-state index in [1.807, 2.05) is 0 Å². The summed E-state index contributed by atoms with van der Waals surface area (Å²) in [5, 5.41) is 2.85. The molecule has 1 aliphatic rings. The molecule has 0 unspecified atom stereocenters. The standard InChI is InChI=1S/C9H17NO/c1-9(2,3)7-4-5-10-8(11)6-7/h7H,4-6H2,1-3H3,(H,10,11)/t7-/m0/s1. The highest BCUT2D eigenvalue weighted by molar-refractivity contribution is 5.76. The number of hydrogen-bond acceptors (Lipinski definition) is 1. The molecule has 1 aliphatic heterocycles. The van der Waals surface area contributed by atoms with E-state index in [0.717, 1.165) is 13.0 Å². The molecule has 1 fully saturated rings. The number of piperidine rings is 1. The molecule has 1 heterocycles. The molecule has 0 aliphatic carbocycles. The van der Waals surface area contributed by atoms with Crippen molar-refractivity contribution in [2.45, 2.75) is 33.6 Å². The Hall–Kier alpha value is -0.530. The highest BCUT2D eigenvalue weighted by atomic mass is 16.1. The Morgan fingerprint density at radius 2 is 2.09 bits per heavy atom. The van der Waals surface area contributed by atoms with Crippen LogP contribution in [0.4, 0.5) is 0 Å². The van der Waals surface area contributed by atoms with E-state index in [0.29, 0.717) is 12.3 Å². The van der Waals surface area contributed by atoms with Crippen molar-refractivity contribution in [3.05, 3.63) is 0 Å². The number of nitrogens with one attached hydrogen (secondary N) is 1. The molecule has 0 aromatic rings. The highest BCUT2D eigenvalue weighted by Gasteiger charge is 2.29. The monoisotopic (exact) mass is 155 g/mol. The summed E-state index contributed by atoms with van der Waals surface area (Å²) in [4.78, 5) is 11.0. The number of carbonyl (C=O) groups excluding carboxylic acids is 1. The molecule has 0 spiro atoms. The van der Waals surface area contributed by atoms with E-state index in [1.54, 1.807) is 0 Å². The third kappa shape index (κ3) is 2.21. The zero-order chi connectivity index (χ0) is 8.48. The number of hydrogen-bond donors (Lipinski definition) is 1. The van der Waals surface area contributed by atoms with Gasteiger partial charge in [0.1, 0.15) is 0 Å². The quantitative estimate of drug-likeness (QED) is 0.565. The van der Waals surface area contributed by atoms with Crippen molar-refractivity contribution in [3.8, 4) is 0 Å². The van der Waals surface area contributed by atoms with Gasteiger partial charge in [-0.25, -0.2) is 0 Å². The van der Waals surface area contributed by atoms with Crippen molar-refractivity contribution in [2.75, 3.05) is 6.54 Å². The Kier molecular flexibility index (Phi) is 2.21. The predicted octanol–water partition coefficient (Wildman–Crippen LogP) is 1.56. The Bertz CT molecular complexity index is 157. The van der Waals surface area contributed by atoms with Gasteiger partial charge < -0.3 is 5.32 Å². The van der Waals surface area contributed by atoms with Crippen LogP contribution in [-0.4, -0.2) is 12.5 Å². The van der Waals surface area contributed by atoms with Gasteiger partial charge in [-0.2, -0.15) is 0 Å². The van der Waals surface area contributed by atoms with Gasteiger partial charge in [0.2, 0.25) is 5.91 Å². The van der Waals surface area contributed by atoms with Crippen LogP contribution in [0.15, 0.2) is 0 Å². The topological polar surface area (TPSA) is 29.1 Å². The van der Waals surface area contributed by atoms with Crippen LogP contribution in [0.25, 0.3) is 0 Å². The van der Waals surface area contributed by atoms with Gasteiger partial charge in [0.25, 0.3) is 0 Å². The molecular formula is C9H17NO. The summed E-state index contributed by atoms with van der Waals surface area (Å²) < 4.78 is 0. The van der Waals surface area contributed by atoms with Crippen LogP contribution in [0.3, 0.4) is 0 Å². The van der Waals surface area contributed by atoms with Gasteiger partial charge in [-0.1, -0.05) is 20.8 Å². The first kappa shape index (κ1) is 8.57. The molecule has 0 bridgehead atoms. The Labute approximate surface area is 68.4 Å². The van der Waals surface area contributed by atoms with Crippen molar-refractivity contribution in [2.24, 2.45) is 11.3 Å². The molecule has 1 saturated heterocycles. The minimum Gasteiger partial charge on any atom is -0.356 e. The maximum atomic E-state index is 11.0. The van der Waals surface area contributed by atoms with Crippen LogP contribution in [-0.2, 0) is 4.79 Å². The Morgan fingerprint density at radius 3 is 2.45 bits per heavy atom. The summed E-state index contributed by atoms with van der Waals surface area (Å²) in [6, 6.07) is 0. The summed E-state index contributed by atoms with van der Waals surface area (Å²) in [6.07, 6.45) is 1.85. The van der Waals surface area contributed by atoms with Gasteiger partial charge in [0, 0.05) is 13.0 Å². The molecule has 0 saturated carbocycles. The third-order valence-corrected chi connectivity index (χ3v) is 2.47. The van der Waals surface area contributed by atoms with Crippen LogP contribution in [0.5, 0.6) is 0 Å². The number of rotatable bonds is 0. The summed E-state index contributed by atoms with van der Waals surface area (Å²) >= 11 is 0. The van der Waals surface area contributed by atoms with E-state index in [9.17, 15) is 4.79 Å². The largest absolute Gasteiger partial charge is 0.356 e. The van der Waals surface area contributed by atoms with Crippen LogP contribution in [0.1, 0.15) is 33.6 Å². The lowest BCUT2D eigenvalue weighted by Gasteiger charge is -2.33. The molecule has 0 aromatic carbocycles. The van der Waals surface area contributed by atoms with Gasteiger partial charge in [0.15, 0.2) is 0 Å². The van der Waals surface area contributed by atoms with Gasteiger partial charge >= 0.3 is 0 Å². The van der Waals surface area contributed by atoms with Gasteiger partial charge in [-0.05, 0) is 17.8 Å². The van der Waals surface area contributed by atoms with Crippen molar-refractivity contribution < 1.29 is 4.79 Å². The molecule has 1 N–H and O–H groups in total. The molecule has 1 rings (SSSR count). The molecule has 0 radical (unpaired) electrons. The molecule has 2 heteroatoms. The average molecular weight is 155 g/mol. The second kappa shape index (κ2) is 2.84. The fourth-order valence-corrected chi connectivity index (χ4v) is 1.52. The molecule has 0 aromatic heterocycles. The molecule has 11 heavy (non-hydrogen) atoms. The van der Waals surface area contributed by atoms with E-state index in [1.165, 1.54) is 0 Å². The Morgan fingerprint density at radius 1 is 1.45 bits per heavy atom. The van der Waals surface area contributed by atoms with E-state index in [4.69, 9.17) is 0 Å². The highest BCUT2D eigenvalue weighted by Crippen LogP contribution is 2.32. The van der Waals surface area contributed by atoms with Gasteiger partial charge in [0.05, 0.1) is 0 Å². The summed E-state index contributed by atoms with van der Waals surface area (Å²) in [5.74, 6) is 0.785. The third-order valence-electron chi connectivity index (χ3n) is 2.47. The fourth-order valence-electron chi connectivity index (χ4n) is 1.52. The van der Waals surface area contributed by atoms with Crippen molar-refractivity contribution in [1.29, 1.82) is 0 Å². The van der Waals surface area contributed by atoms with Crippen LogP contribution >= 0.6 is 0 Å². The van der Waals surface area contributed by atoms with E-state index >= 15 is 0 Å². The second-order valence-corrected chi connectivity index (χ2v) is 4.41. The van der Waals surface area contributed by atoms with Crippen LogP contribution < -0.4 is 5.32 Å². The van der Waals surface area contributed by atoms with Gasteiger partial charge in [-0.3, -0.25) is 4.79 Å². The van der Waals surface area contributed by atoms with Gasteiger partial charge in [-0.15, -0.1) is 0 Å².